The molecule has 0 N–H and O–H groups in total. The van der Waals surface area contributed by atoms with Gasteiger partial charge in [-0.3, -0.25) is 0 Å². The number of fused-ring (bicyclic) bond motifs is 13. The standard InChI is InChI=1S/C48H32N4S/c1-29-24-26-39(30(2)28-29)51-40-27-25-31-14-6-7-17-33(31)43(40)44-35-19-9-8-18-34(35)42-37-21-11-13-23-41(37)53-47(42)46(44)52(51)48-49-38-22-12-10-20-36(38)45(50-48)32-15-4-3-5-16-32/h3-28H,1-2H3/i1D3,2D3. The molecule has 250 valence electrons. The molecule has 0 fully saturated rings. The zero-order valence-corrected chi connectivity index (χ0v) is 29.0. The van der Waals surface area contributed by atoms with Gasteiger partial charge in [-0.1, -0.05) is 139 Å². The van der Waals surface area contributed by atoms with Gasteiger partial charge >= 0.3 is 0 Å². The third-order valence-electron chi connectivity index (χ3n) is 10.4. The zero-order chi connectivity index (χ0) is 40.2. The number of para-hydroxylation sites is 1. The Kier molecular flexibility index (Phi) is 5.32. The minimum atomic E-state index is -2.70. The van der Waals surface area contributed by atoms with E-state index in [1.165, 1.54) is 12.1 Å². The predicted molar refractivity (Wildman–Crippen MR) is 225 cm³/mol. The van der Waals surface area contributed by atoms with Crippen molar-refractivity contribution >= 4 is 87.0 Å². The molecule has 10 aromatic rings. The molecule has 1 aliphatic rings. The molecule has 0 atom stereocenters. The fourth-order valence-corrected chi connectivity index (χ4v) is 9.38. The summed E-state index contributed by atoms with van der Waals surface area (Å²) < 4.78 is 53.6. The first kappa shape index (κ1) is 24.6. The molecule has 8 aromatic carbocycles. The Morgan fingerprint density at radius 1 is 0.547 bits per heavy atom. The van der Waals surface area contributed by atoms with Crippen LogP contribution in [0.4, 0.5) is 23.0 Å². The molecule has 0 saturated carbocycles. The summed E-state index contributed by atoms with van der Waals surface area (Å²) >= 11 is 1.68. The number of rotatable bonds is 3. The maximum Gasteiger partial charge on any atom is 0.251 e. The lowest BCUT2D eigenvalue weighted by atomic mass is 9.87. The topological polar surface area (TPSA) is 32.3 Å². The van der Waals surface area contributed by atoms with Gasteiger partial charge in [0.1, 0.15) is 0 Å². The van der Waals surface area contributed by atoms with E-state index in [1.807, 2.05) is 94.9 Å². The maximum atomic E-state index is 8.91. The Morgan fingerprint density at radius 2 is 1.26 bits per heavy atom. The first-order chi connectivity index (χ1) is 28.6. The summed E-state index contributed by atoms with van der Waals surface area (Å²) in [6, 6.07) is 51.6. The van der Waals surface area contributed by atoms with Crippen molar-refractivity contribution in [1.29, 1.82) is 0 Å². The van der Waals surface area contributed by atoms with E-state index in [-0.39, 0.29) is 11.1 Å². The minimum Gasteiger partial charge on any atom is -0.245 e. The van der Waals surface area contributed by atoms with Crippen molar-refractivity contribution in [2.45, 2.75) is 13.7 Å². The van der Waals surface area contributed by atoms with Crippen LogP contribution in [0.15, 0.2) is 158 Å². The molecule has 0 amide bonds. The van der Waals surface area contributed by atoms with E-state index in [4.69, 9.17) is 18.2 Å². The van der Waals surface area contributed by atoms with Crippen molar-refractivity contribution in [2.75, 3.05) is 10.0 Å². The number of benzene rings is 8. The second-order valence-corrected chi connectivity index (χ2v) is 14.4. The molecular weight excluding hydrogens is 665 g/mol. The van der Waals surface area contributed by atoms with Crippen LogP contribution in [0.5, 0.6) is 0 Å². The van der Waals surface area contributed by atoms with Gasteiger partial charge in [0.05, 0.1) is 33.0 Å². The second-order valence-electron chi connectivity index (χ2n) is 13.4. The van der Waals surface area contributed by atoms with E-state index >= 15 is 0 Å². The van der Waals surface area contributed by atoms with Crippen molar-refractivity contribution in [3.8, 4) is 22.4 Å². The Balaban J connectivity index is 1.38. The summed E-state index contributed by atoms with van der Waals surface area (Å²) in [5, 5.41) is 11.1. The highest BCUT2D eigenvalue weighted by atomic mass is 32.1. The third kappa shape index (κ3) is 4.41. The Bertz CT molecular complexity index is 3340. The van der Waals surface area contributed by atoms with Crippen LogP contribution in [-0.2, 0) is 0 Å². The fourth-order valence-electron chi connectivity index (χ4n) is 8.12. The highest BCUT2D eigenvalue weighted by molar-refractivity contribution is 7.26. The average molecular weight is 703 g/mol. The number of hydrazine groups is 1. The van der Waals surface area contributed by atoms with Crippen LogP contribution >= 0.6 is 11.3 Å². The molecule has 0 bridgehead atoms. The number of anilines is 4. The SMILES string of the molecule is [2H]C([2H])([2H])c1ccc(N2c3ccc4ccccc4c3-c3c(c4sc5ccccc5c4c4ccccc34)N2c2nc(-c3ccccc3)c3ccccc3n2)c(C([2H])([2H])[2H])c1. The normalized spacial score (nSPS) is 14.8. The van der Waals surface area contributed by atoms with Crippen LogP contribution < -0.4 is 10.0 Å². The molecule has 1 aliphatic heterocycles. The van der Waals surface area contributed by atoms with Gasteiger partial charge in [-0.05, 0) is 65.1 Å². The molecular formula is C48H32N4S. The first-order valence-electron chi connectivity index (χ1n) is 20.5. The Labute approximate surface area is 319 Å². The summed E-state index contributed by atoms with van der Waals surface area (Å²) in [6.07, 6.45) is 0. The molecule has 3 heterocycles. The number of aromatic nitrogens is 2. The van der Waals surface area contributed by atoms with Gasteiger partial charge in [0.15, 0.2) is 0 Å². The zero-order valence-electron chi connectivity index (χ0n) is 34.2. The number of hydrogen-bond donors (Lipinski definition) is 0. The lowest BCUT2D eigenvalue weighted by molar-refractivity contribution is 0.928. The summed E-state index contributed by atoms with van der Waals surface area (Å²) in [6.45, 7) is -5.23. The molecule has 0 radical (unpaired) electrons. The molecule has 0 aliphatic carbocycles. The summed E-state index contributed by atoms with van der Waals surface area (Å²) in [5.41, 5.74) is 5.86. The summed E-state index contributed by atoms with van der Waals surface area (Å²) in [5.74, 6) is 0.327. The largest absolute Gasteiger partial charge is 0.251 e. The van der Waals surface area contributed by atoms with Crippen LogP contribution in [0.2, 0.25) is 0 Å². The van der Waals surface area contributed by atoms with Gasteiger partial charge in [0, 0.05) is 45.8 Å². The predicted octanol–water partition coefficient (Wildman–Crippen LogP) is 13.5. The first-order valence-corrected chi connectivity index (χ1v) is 18.3. The molecule has 4 nitrogen and oxygen atoms in total. The van der Waals surface area contributed by atoms with E-state index in [0.717, 1.165) is 75.2 Å². The van der Waals surface area contributed by atoms with Crippen molar-refractivity contribution < 1.29 is 8.22 Å². The smallest absolute Gasteiger partial charge is 0.245 e. The number of thiophene rings is 1. The van der Waals surface area contributed by atoms with Crippen LogP contribution in [0.1, 0.15) is 19.4 Å². The minimum absolute atomic E-state index is 0.0544. The quantitative estimate of drug-likeness (QED) is 0.183. The van der Waals surface area contributed by atoms with E-state index in [0.29, 0.717) is 22.8 Å². The monoisotopic (exact) mass is 702 g/mol. The van der Waals surface area contributed by atoms with E-state index in [2.05, 4.69) is 54.6 Å². The van der Waals surface area contributed by atoms with Crippen molar-refractivity contribution in [3.63, 3.8) is 0 Å². The van der Waals surface area contributed by atoms with Crippen LogP contribution in [-0.4, -0.2) is 9.97 Å². The molecule has 0 saturated heterocycles. The summed E-state index contributed by atoms with van der Waals surface area (Å²) in [7, 11) is 0. The van der Waals surface area contributed by atoms with E-state index < -0.39 is 13.7 Å². The van der Waals surface area contributed by atoms with Crippen molar-refractivity contribution in [3.05, 3.63) is 169 Å². The van der Waals surface area contributed by atoms with E-state index in [1.54, 1.807) is 17.4 Å². The molecule has 0 unspecified atom stereocenters. The number of nitrogens with zero attached hydrogens (tertiary/aromatic N) is 4. The highest BCUT2D eigenvalue weighted by Gasteiger charge is 2.38. The van der Waals surface area contributed by atoms with Crippen LogP contribution in [0, 0.1) is 13.7 Å². The average Bonchev–Trinajstić information content (AvgIpc) is 3.65. The molecule has 0 spiro atoms. The van der Waals surface area contributed by atoms with Crippen molar-refractivity contribution in [2.24, 2.45) is 0 Å². The van der Waals surface area contributed by atoms with Gasteiger partial charge in [-0.15, -0.1) is 11.3 Å². The molecule has 11 rings (SSSR count). The highest BCUT2D eigenvalue weighted by Crippen LogP contribution is 2.59. The van der Waals surface area contributed by atoms with Crippen LogP contribution in [0.3, 0.4) is 0 Å². The molecule has 2 aromatic heterocycles. The van der Waals surface area contributed by atoms with Crippen molar-refractivity contribution in [1.82, 2.24) is 9.97 Å². The summed E-state index contributed by atoms with van der Waals surface area (Å²) in [4.78, 5) is 10.8. The van der Waals surface area contributed by atoms with Gasteiger partial charge in [-0.25, -0.2) is 20.0 Å². The van der Waals surface area contributed by atoms with E-state index in [9.17, 15) is 0 Å². The van der Waals surface area contributed by atoms with Gasteiger partial charge in [0.25, 0.3) is 5.95 Å². The van der Waals surface area contributed by atoms with Gasteiger partial charge < -0.3 is 0 Å². The Morgan fingerprint density at radius 3 is 2.11 bits per heavy atom. The van der Waals surface area contributed by atoms with Crippen LogP contribution in [0.25, 0.3) is 75.0 Å². The Hall–Kier alpha value is -6.56. The molecule has 53 heavy (non-hydrogen) atoms. The molecule has 5 heteroatoms. The maximum absolute atomic E-state index is 8.91. The van der Waals surface area contributed by atoms with Gasteiger partial charge in [-0.2, -0.15) is 0 Å². The third-order valence-corrected chi connectivity index (χ3v) is 11.5. The lowest BCUT2D eigenvalue weighted by Gasteiger charge is -2.44. The fraction of sp³-hybridized carbons (Fsp3) is 0.0417. The second kappa shape index (κ2) is 11.5. The number of hydrogen-bond acceptors (Lipinski definition) is 5. The lowest BCUT2D eigenvalue weighted by Crippen LogP contribution is -2.40. The van der Waals surface area contributed by atoms with Gasteiger partial charge in [0.2, 0.25) is 0 Å². The number of aryl methyl sites for hydroxylation is 2.